The van der Waals surface area contributed by atoms with Crippen molar-refractivity contribution in [2.24, 2.45) is 0 Å². The van der Waals surface area contributed by atoms with Crippen LogP contribution in [0.2, 0.25) is 10.0 Å². The first-order valence-electron chi connectivity index (χ1n) is 10.5. The van der Waals surface area contributed by atoms with Gasteiger partial charge in [-0.05, 0) is 67.1 Å². The van der Waals surface area contributed by atoms with Crippen molar-refractivity contribution in [2.75, 3.05) is 36.4 Å². The summed E-state index contributed by atoms with van der Waals surface area (Å²) in [6.07, 6.45) is 0. The van der Waals surface area contributed by atoms with Gasteiger partial charge in [0.25, 0.3) is 5.91 Å². The summed E-state index contributed by atoms with van der Waals surface area (Å²) in [6, 6.07) is 15.2. The summed E-state index contributed by atoms with van der Waals surface area (Å²) in [7, 11) is -3.90. The van der Waals surface area contributed by atoms with Gasteiger partial charge in [0.15, 0.2) is 0 Å². The molecule has 0 aliphatic carbocycles. The Hall–Kier alpha value is -2.65. The largest absolute Gasteiger partial charge is 0.369 e. The van der Waals surface area contributed by atoms with Crippen LogP contribution in [0.1, 0.15) is 15.9 Å². The molecule has 0 unspecified atom stereocenters. The fraction of sp³-hybridized carbons (Fsp3) is 0.208. The van der Waals surface area contributed by atoms with Gasteiger partial charge in [0.2, 0.25) is 10.0 Å². The highest BCUT2D eigenvalue weighted by molar-refractivity contribution is 7.89. The van der Waals surface area contributed by atoms with Gasteiger partial charge < -0.3 is 10.2 Å². The van der Waals surface area contributed by atoms with Gasteiger partial charge in [-0.25, -0.2) is 12.8 Å². The number of anilines is 2. The highest BCUT2D eigenvalue weighted by atomic mass is 35.5. The van der Waals surface area contributed by atoms with E-state index in [-0.39, 0.29) is 23.7 Å². The molecule has 0 bridgehead atoms. The van der Waals surface area contributed by atoms with Gasteiger partial charge in [-0.1, -0.05) is 29.3 Å². The van der Waals surface area contributed by atoms with Crippen LogP contribution in [-0.2, 0) is 10.0 Å². The summed E-state index contributed by atoms with van der Waals surface area (Å²) in [5.41, 5.74) is 2.21. The van der Waals surface area contributed by atoms with Crippen molar-refractivity contribution >= 4 is 50.5 Å². The van der Waals surface area contributed by atoms with Crippen molar-refractivity contribution in [3.63, 3.8) is 0 Å². The van der Waals surface area contributed by atoms with Crippen LogP contribution in [0.4, 0.5) is 15.8 Å². The average Bonchev–Trinajstić information content (AvgIpc) is 2.82. The minimum Gasteiger partial charge on any atom is -0.369 e. The van der Waals surface area contributed by atoms with Crippen molar-refractivity contribution in [1.29, 1.82) is 0 Å². The Balaban J connectivity index is 1.45. The normalized spacial score (nSPS) is 14.8. The van der Waals surface area contributed by atoms with Gasteiger partial charge >= 0.3 is 0 Å². The number of hydrogen-bond donors (Lipinski definition) is 1. The number of benzene rings is 3. The second-order valence-electron chi connectivity index (χ2n) is 7.92. The minimum absolute atomic E-state index is 0.111. The van der Waals surface area contributed by atoms with E-state index in [1.54, 1.807) is 12.1 Å². The first-order chi connectivity index (χ1) is 16.1. The summed E-state index contributed by atoms with van der Waals surface area (Å²) >= 11 is 11.9. The molecule has 1 fully saturated rings. The second kappa shape index (κ2) is 9.92. The predicted molar refractivity (Wildman–Crippen MR) is 133 cm³/mol. The van der Waals surface area contributed by atoms with E-state index in [2.05, 4.69) is 10.2 Å². The maximum atomic E-state index is 14.7. The Bertz CT molecular complexity index is 1330. The van der Waals surface area contributed by atoms with Gasteiger partial charge in [0.05, 0.1) is 10.6 Å². The molecule has 178 valence electrons. The molecule has 6 nitrogen and oxygen atoms in total. The number of amides is 1. The Kier molecular flexibility index (Phi) is 7.14. The SMILES string of the molecule is Cc1ccc(Cl)cc1N1CCN(S(=O)(=O)c2ccc(NC(=O)c3ccc(Cl)cc3)c(F)c2)CC1. The molecular formula is C24H22Cl2FN3O3S. The molecule has 1 aliphatic heterocycles. The number of aryl methyl sites for hydroxylation is 1. The molecular weight excluding hydrogens is 500 g/mol. The lowest BCUT2D eigenvalue weighted by molar-refractivity contribution is 0.102. The summed E-state index contributed by atoms with van der Waals surface area (Å²) in [4.78, 5) is 14.3. The van der Waals surface area contributed by atoms with Gasteiger partial charge in [0.1, 0.15) is 5.82 Å². The highest BCUT2D eigenvalue weighted by Gasteiger charge is 2.29. The van der Waals surface area contributed by atoms with Crippen molar-refractivity contribution in [3.05, 3.63) is 87.7 Å². The molecule has 0 spiro atoms. The molecule has 0 atom stereocenters. The number of piperazine rings is 1. The maximum absolute atomic E-state index is 14.7. The smallest absolute Gasteiger partial charge is 0.255 e. The molecule has 0 saturated carbocycles. The Morgan fingerprint density at radius 2 is 1.56 bits per heavy atom. The van der Waals surface area contributed by atoms with Gasteiger partial charge in [-0.2, -0.15) is 4.31 Å². The summed E-state index contributed by atoms with van der Waals surface area (Å²) in [6.45, 7) is 3.46. The Labute approximate surface area is 207 Å². The van der Waals surface area contributed by atoms with E-state index in [9.17, 15) is 17.6 Å². The lowest BCUT2D eigenvalue weighted by Gasteiger charge is -2.36. The third kappa shape index (κ3) is 5.20. The lowest BCUT2D eigenvalue weighted by atomic mass is 10.1. The monoisotopic (exact) mass is 521 g/mol. The topological polar surface area (TPSA) is 69.7 Å². The second-order valence-corrected chi connectivity index (χ2v) is 10.7. The Morgan fingerprint density at radius 1 is 0.912 bits per heavy atom. The number of nitrogens with zero attached hydrogens (tertiary/aromatic N) is 2. The molecule has 10 heteroatoms. The van der Waals surface area contributed by atoms with E-state index in [0.717, 1.165) is 17.3 Å². The highest BCUT2D eigenvalue weighted by Crippen LogP contribution is 2.28. The van der Waals surface area contributed by atoms with E-state index in [4.69, 9.17) is 23.2 Å². The molecule has 1 saturated heterocycles. The first kappa shape index (κ1) is 24.5. The fourth-order valence-electron chi connectivity index (χ4n) is 3.80. The summed E-state index contributed by atoms with van der Waals surface area (Å²) in [5.74, 6) is -1.37. The quantitative estimate of drug-likeness (QED) is 0.500. The van der Waals surface area contributed by atoms with Crippen LogP contribution in [0.5, 0.6) is 0 Å². The number of carbonyl (C=O) groups is 1. The number of carbonyl (C=O) groups excluding carboxylic acids is 1. The Morgan fingerprint density at radius 3 is 2.21 bits per heavy atom. The lowest BCUT2D eigenvalue weighted by Crippen LogP contribution is -2.48. The number of rotatable bonds is 5. The van der Waals surface area contributed by atoms with Crippen LogP contribution >= 0.6 is 23.2 Å². The van der Waals surface area contributed by atoms with Crippen LogP contribution in [0, 0.1) is 12.7 Å². The van der Waals surface area contributed by atoms with Crippen LogP contribution in [0.25, 0.3) is 0 Å². The van der Waals surface area contributed by atoms with Crippen LogP contribution in [-0.4, -0.2) is 44.8 Å². The van der Waals surface area contributed by atoms with Crippen LogP contribution in [0.15, 0.2) is 65.6 Å². The summed E-state index contributed by atoms with van der Waals surface area (Å²) in [5, 5.41) is 3.55. The number of hydrogen-bond acceptors (Lipinski definition) is 4. The molecule has 1 aliphatic rings. The summed E-state index contributed by atoms with van der Waals surface area (Å²) < 4.78 is 42.3. The number of sulfonamides is 1. The molecule has 0 radical (unpaired) electrons. The minimum atomic E-state index is -3.90. The molecule has 34 heavy (non-hydrogen) atoms. The first-order valence-corrected chi connectivity index (χ1v) is 12.7. The van der Waals surface area contributed by atoms with Gasteiger partial charge in [0, 0.05) is 47.5 Å². The third-order valence-corrected chi connectivity index (χ3v) is 8.07. The zero-order valence-corrected chi connectivity index (χ0v) is 20.6. The van der Waals surface area contributed by atoms with E-state index in [1.165, 1.54) is 28.6 Å². The zero-order chi connectivity index (χ0) is 24.5. The average molecular weight is 522 g/mol. The van der Waals surface area contributed by atoms with E-state index in [1.807, 2.05) is 25.1 Å². The van der Waals surface area contributed by atoms with Crippen molar-refractivity contribution in [2.45, 2.75) is 11.8 Å². The van der Waals surface area contributed by atoms with Crippen LogP contribution in [0.3, 0.4) is 0 Å². The standard InChI is InChI=1S/C24H22Cl2FN3O3S/c1-16-2-5-19(26)14-23(16)29-10-12-30(13-11-29)34(32,33)20-8-9-22(21(27)15-20)28-24(31)17-3-6-18(25)7-4-17/h2-9,14-15H,10-13H2,1H3,(H,28,31). The van der Waals surface area contributed by atoms with Gasteiger partial charge in [-0.3, -0.25) is 4.79 Å². The van der Waals surface area contributed by atoms with E-state index >= 15 is 0 Å². The molecule has 1 heterocycles. The maximum Gasteiger partial charge on any atom is 0.255 e. The zero-order valence-electron chi connectivity index (χ0n) is 18.3. The van der Waals surface area contributed by atoms with E-state index in [0.29, 0.717) is 28.7 Å². The van der Waals surface area contributed by atoms with Crippen molar-refractivity contribution < 1.29 is 17.6 Å². The van der Waals surface area contributed by atoms with Crippen LogP contribution < -0.4 is 10.2 Å². The number of nitrogens with one attached hydrogen (secondary N) is 1. The molecule has 4 rings (SSSR count). The fourth-order valence-corrected chi connectivity index (χ4v) is 5.52. The predicted octanol–water partition coefficient (Wildman–Crippen LogP) is 5.20. The van der Waals surface area contributed by atoms with E-state index < -0.39 is 21.7 Å². The van der Waals surface area contributed by atoms with Crippen molar-refractivity contribution in [3.8, 4) is 0 Å². The third-order valence-electron chi connectivity index (χ3n) is 5.68. The molecule has 3 aromatic carbocycles. The molecule has 1 N–H and O–H groups in total. The molecule has 1 amide bonds. The number of halogens is 3. The molecule has 3 aromatic rings. The van der Waals surface area contributed by atoms with Gasteiger partial charge in [-0.15, -0.1) is 0 Å². The molecule has 0 aromatic heterocycles. The van der Waals surface area contributed by atoms with Crippen molar-refractivity contribution in [1.82, 2.24) is 4.31 Å².